The summed E-state index contributed by atoms with van der Waals surface area (Å²) in [6.07, 6.45) is 4.22. The third kappa shape index (κ3) is 3.69. The number of anilines is 2. The quantitative estimate of drug-likeness (QED) is 0.704. The summed E-state index contributed by atoms with van der Waals surface area (Å²) >= 11 is 0. The highest BCUT2D eigenvalue weighted by Crippen LogP contribution is 2.31. The van der Waals surface area contributed by atoms with Crippen LogP contribution in [0.5, 0.6) is 0 Å². The maximum atomic E-state index is 13.1. The zero-order valence-corrected chi connectivity index (χ0v) is 16.0. The number of benzene rings is 2. The van der Waals surface area contributed by atoms with Crippen LogP contribution in [0, 0.1) is 11.7 Å². The van der Waals surface area contributed by atoms with E-state index in [0.29, 0.717) is 16.4 Å². The maximum absolute atomic E-state index is 13.1. The van der Waals surface area contributed by atoms with E-state index in [4.69, 9.17) is 0 Å². The van der Waals surface area contributed by atoms with E-state index in [2.05, 4.69) is 10.4 Å². The normalized spacial score (nSPS) is 15.5. The minimum atomic E-state index is -3.34. The van der Waals surface area contributed by atoms with E-state index in [1.54, 1.807) is 35.0 Å². The Balaban J connectivity index is 1.69. The Kier molecular flexibility index (Phi) is 4.63. The molecule has 1 heterocycles. The van der Waals surface area contributed by atoms with E-state index in [1.807, 2.05) is 7.05 Å². The zero-order valence-electron chi connectivity index (χ0n) is 15.2. The molecule has 0 spiro atoms. The van der Waals surface area contributed by atoms with Gasteiger partial charge in [0, 0.05) is 18.1 Å². The number of nitrogens with zero attached hydrogens (tertiary/aromatic N) is 2. The van der Waals surface area contributed by atoms with Crippen LogP contribution >= 0.6 is 0 Å². The number of fused-ring (bicyclic) bond motifs is 1. The standard InChI is InChI=1S/C20H22FN3O2S/c1-24-19-11-10-17(27(25,26)13-14-4-2-3-5-14)12-18(19)20(23-24)22-16-8-6-15(21)7-9-16/h6-12,14H,2-5,13H2,1H3,(H,22,23). The van der Waals surface area contributed by atoms with Crippen LogP contribution in [0.1, 0.15) is 25.7 Å². The van der Waals surface area contributed by atoms with E-state index in [-0.39, 0.29) is 17.5 Å². The molecule has 2 aromatic carbocycles. The van der Waals surface area contributed by atoms with Crippen molar-refractivity contribution in [2.24, 2.45) is 13.0 Å². The van der Waals surface area contributed by atoms with E-state index < -0.39 is 9.84 Å². The number of hydrogen-bond acceptors (Lipinski definition) is 4. The number of rotatable bonds is 5. The molecule has 4 rings (SSSR count). The predicted octanol–water partition coefficient (Wildman–Crippen LogP) is 4.42. The SMILES string of the molecule is Cn1nc(Nc2ccc(F)cc2)c2cc(S(=O)(=O)CC3CCCC3)ccc21. The Labute approximate surface area is 158 Å². The lowest BCUT2D eigenvalue weighted by Gasteiger charge is -2.10. The molecule has 7 heteroatoms. The first-order valence-electron chi connectivity index (χ1n) is 9.14. The van der Waals surface area contributed by atoms with Crippen LogP contribution in [0.2, 0.25) is 0 Å². The average molecular weight is 387 g/mol. The molecular weight excluding hydrogens is 365 g/mol. The third-order valence-corrected chi connectivity index (χ3v) is 7.10. The van der Waals surface area contributed by atoms with Crippen molar-refractivity contribution in [3.63, 3.8) is 0 Å². The molecule has 0 amide bonds. The van der Waals surface area contributed by atoms with Gasteiger partial charge in [-0.25, -0.2) is 12.8 Å². The number of aryl methyl sites for hydroxylation is 1. The molecule has 1 N–H and O–H groups in total. The van der Waals surface area contributed by atoms with Gasteiger partial charge in [-0.1, -0.05) is 12.8 Å². The van der Waals surface area contributed by atoms with Crippen LogP contribution in [0.4, 0.5) is 15.9 Å². The molecule has 142 valence electrons. The van der Waals surface area contributed by atoms with Gasteiger partial charge in [0.2, 0.25) is 0 Å². The summed E-state index contributed by atoms with van der Waals surface area (Å²) in [6, 6.07) is 11.1. The molecule has 1 aliphatic rings. The van der Waals surface area contributed by atoms with E-state index >= 15 is 0 Å². The van der Waals surface area contributed by atoms with Crippen molar-refractivity contribution in [2.45, 2.75) is 30.6 Å². The second-order valence-electron chi connectivity index (χ2n) is 7.21. The second-order valence-corrected chi connectivity index (χ2v) is 9.25. The monoisotopic (exact) mass is 387 g/mol. The first kappa shape index (κ1) is 18.0. The third-order valence-electron chi connectivity index (χ3n) is 5.22. The lowest BCUT2D eigenvalue weighted by atomic mass is 10.1. The molecule has 1 fully saturated rings. The van der Waals surface area contributed by atoms with E-state index in [9.17, 15) is 12.8 Å². The van der Waals surface area contributed by atoms with Gasteiger partial charge in [0.25, 0.3) is 0 Å². The van der Waals surface area contributed by atoms with Crippen molar-refractivity contribution >= 4 is 32.2 Å². The summed E-state index contributed by atoms with van der Waals surface area (Å²) in [5.41, 5.74) is 1.52. The molecule has 5 nitrogen and oxygen atoms in total. The fraction of sp³-hybridized carbons (Fsp3) is 0.350. The average Bonchev–Trinajstić information content (AvgIpc) is 3.25. The van der Waals surface area contributed by atoms with Gasteiger partial charge in [0.1, 0.15) is 5.82 Å². The number of sulfone groups is 1. The zero-order chi connectivity index (χ0) is 19.0. The lowest BCUT2D eigenvalue weighted by molar-refractivity contribution is 0.559. The molecule has 1 saturated carbocycles. The maximum Gasteiger partial charge on any atom is 0.178 e. The van der Waals surface area contributed by atoms with Crippen molar-refractivity contribution in [1.82, 2.24) is 9.78 Å². The van der Waals surface area contributed by atoms with Crippen molar-refractivity contribution in [1.29, 1.82) is 0 Å². The summed E-state index contributed by atoms with van der Waals surface area (Å²) < 4.78 is 40.5. The second kappa shape index (κ2) is 6.96. The van der Waals surface area contributed by atoms with Crippen molar-refractivity contribution in [3.05, 3.63) is 48.3 Å². The molecule has 0 bridgehead atoms. The Morgan fingerprint density at radius 2 is 1.85 bits per heavy atom. The van der Waals surface area contributed by atoms with Crippen LogP contribution in [-0.2, 0) is 16.9 Å². The summed E-state index contributed by atoms with van der Waals surface area (Å²) in [5, 5.41) is 8.34. The van der Waals surface area contributed by atoms with Crippen LogP contribution in [0.15, 0.2) is 47.4 Å². The number of nitrogens with one attached hydrogen (secondary N) is 1. The van der Waals surface area contributed by atoms with Gasteiger partial charge in [-0.2, -0.15) is 5.10 Å². The minimum Gasteiger partial charge on any atom is -0.338 e. The van der Waals surface area contributed by atoms with E-state index in [0.717, 1.165) is 36.6 Å². The Hall–Kier alpha value is -2.41. The summed E-state index contributed by atoms with van der Waals surface area (Å²) in [7, 11) is -1.53. The van der Waals surface area contributed by atoms with Crippen molar-refractivity contribution in [2.75, 3.05) is 11.1 Å². The Morgan fingerprint density at radius 3 is 2.56 bits per heavy atom. The number of halogens is 1. The molecule has 0 aliphatic heterocycles. The molecule has 0 radical (unpaired) electrons. The van der Waals surface area contributed by atoms with Crippen LogP contribution in [0.3, 0.4) is 0 Å². The largest absolute Gasteiger partial charge is 0.338 e. The fourth-order valence-electron chi connectivity index (χ4n) is 3.78. The molecule has 1 aliphatic carbocycles. The molecule has 0 atom stereocenters. The highest BCUT2D eigenvalue weighted by atomic mass is 32.2. The van der Waals surface area contributed by atoms with Crippen LogP contribution in [0.25, 0.3) is 10.9 Å². The minimum absolute atomic E-state index is 0.208. The summed E-state index contributed by atoms with van der Waals surface area (Å²) in [5.74, 6) is 0.708. The summed E-state index contributed by atoms with van der Waals surface area (Å²) in [4.78, 5) is 0.331. The fourth-order valence-corrected chi connectivity index (χ4v) is 5.50. The first-order chi connectivity index (χ1) is 12.9. The Bertz CT molecular complexity index is 1070. The highest BCUT2D eigenvalue weighted by molar-refractivity contribution is 7.91. The number of hydrogen-bond donors (Lipinski definition) is 1. The summed E-state index contributed by atoms with van der Waals surface area (Å²) in [6.45, 7) is 0. The molecule has 0 unspecified atom stereocenters. The smallest absolute Gasteiger partial charge is 0.178 e. The van der Waals surface area contributed by atoms with Gasteiger partial charge in [0.15, 0.2) is 15.7 Å². The molecule has 0 saturated heterocycles. The van der Waals surface area contributed by atoms with Crippen LogP contribution < -0.4 is 5.32 Å². The highest BCUT2D eigenvalue weighted by Gasteiger charge is 2.25. The van der Waals surface area contributed by atoms with E-state index in [1.165, 1.54) is 12.1 Å². The van der Waals surface area contributed by atoms with Gasteiger partial charge < -0.3 is 5.32 Å². The predicted molar refractivity (Wildman–Crippen MR) is 104 cm³/mol. The first-order valence-corrected chi connectivity index (χ1v) is 10.8. The lowest BCUT2D eigenvalue weighted by Crippen LogP contribution is -2.14. The molecule has 1 aromatic heterocycles. The molecule has 27 heavy (non-hydrogen) atoms. The molecule has 3 aromatic rings. The van der Waals surface area contributed by atoms with Gasteiger partial charge in [-0.15, -0.1) is 0 Å². The van der Waals surface area contributed by atoms with Crippen LogP contribution in [-0.4, -0.2) is 24.0 Å². The molecular formula is C20H22FN3O2S. The topological polar surface area (TPSA) is 64.0 Å². The van der Waals surface area contributed by atoms with Gasteiger partial charge in [-0.05, 0) is 61.2 Å². The van der Waals surface area contributed by atoms with Crippen molar-refractivity contribution in [3.8, 4) is 0 Å². The van der Waals surface area contributed by atoms with Gasteiger partial charge in [-0.3, -0.25) is 4.68 Å². The number of aromatic nitrogens is 2. The Morgan fingerprint density at radius 1 is 1.15 bits per heavy atom. The van der Waals surface area contributed by atoms with Gasteiger partial charge >= 0.3 is 0 Å². The van der Waals surface area contributed by atoms with Gasteiger partial charge in [0.05, 0.1) is 16.2 Å². The van der Waals surface area contributed by atoms with Crippen molar-refractivity contribution < 1.29 is 12.8 Å².